The van der Waals surface area contributed by atoms with Crippen molar-refractivity contribution in [1.82, 2.24) is 20.5 Å². The number of anilines is 1. The first-order chi connectivity index (χ1) is 9.78. The van der Waals surface area contributed by atoms with Crippen LogP contribution < -0.4 is 10.6 Å². The second kappa shape index (κ2) is 5.42. The Kier molecular flexibility index (Phi) is 3.47. The summed E-state index contributed by atoms with van der Waals surface area (Å²) in [5.41, 5.74) is 1.81. The van der Waals surface area contributed by atoms with Crippen molar-refractivity contribution < 1.29 is 4.79 Å². The molecule has 1 aliphatic rings. The number of para-hydroxylation sites is 1. The van der Waals surface area contributed by atoms with Gasteiger partial charge in [0.2, 0.25) is 5.82 Å². The first-order valence-electron chi connectivity index (χ1n) is 6.74. The van der Waals surface area contributed by atoms with Crippen LogP contribution in [0.4, 0.5) is 5.69 Å². The molecule has 1 heterocycles. The summed E-state index contributed by atoms with van der Waals surface area (Å²) >= 11 is 0. The topological polar surface area (TPSA) is 82.7 Å². The molecule has 0 unspecified atom stereocenters. The van der Waals surface area contributed by atoms with Crippen molar-refractivity contribution in [2.75, 3.05) is 12.4 Å². The van der Waals surface area contributed by atoms with Crippen LogP contribution in [0.3, 0.4) is 0 Å². The molecular formula is C14H17N5O. The lowest BCUT2D eigenvalue weighted by Gasteiger charge is -2.09. The molecule has 0 atom stereocenters. The zero-order valence-corrected chi connectivity index (χ0v) is 11.3. The van der Waals surface area contributed by atoms with E-state index in [0.29, 0.717) is 12.5 Å². The predicted molar refractivity (Wildman–Crippen MR) is 75.5 cm³/mol. The third-order valence-electron chi connectivity index (χ3n) is 3.30. The maximum atomic E-state index is 12.2. The fraction of sp³-hybridized carbons (Fsp3) is 0.357. The van der Waals surface area contributed by atoms with Crippen LogP contribution >= 0.6 is 0 Å². The van der Waals surface area contributed by atoms with E-state index < -0.39 is 0 Å². The van der Waals surface area contributed by atoms with E-state index in [-0.39, 0.29) is 11.7 Å². The van der Waals surface area contributed by atoms with Gasteiger partial charge in [-0.2, -0.15) is 0 Å². The van der Waals surface area contributed by atoms with Gasteiger partial charge in [-0.05, 0) is 31.5 Å². The molecule has 1 saturated carbocycles. The summed E-state index contributed by atoms with van der Waals surface area (Å²) in [5.74, 6) is 1.20. The highest BCUT2D eigenvalue weighted by Gasteiger charge is 2.28. The molecule has 0 radical (unpaired) electrons. The lowest BCUT2D eigenvalue weighted by Crippen LogP contribution is -2.16. The van der Waals surface area contributed by atoms with E-state index >= 15 is 0 Å². The monoisotopic (exact) mass is 271 g/mol. The smallest absolute Gasteiger partial charge is 0.295 e. The summed E-state index contributed by atoms with van der Waals surface area (Å²) in [6.07, 6.45) is 2.25. The first kappa shape index (κ1) is 12.8. The maximum Gasteiger partial charge on any atom is 0.295 e. The second-order valence-corrected chi connectivity index (χ2v) is 4.96. The van der Waals surface area contributed by atoms with E-state index in [9.17, 15) is 4.79 Å². The summed E-state index contributed by atoms with van der Waals surface area (Å²) in [6, 6.07) is 7.68. The van der Waals surface area contributed by atoms with Crippen molar-refractivity contribution >= 4 is 11.6 Å². The number of amides is 1. The third kappa shape index (κ3) is 2.70. The van der Waals surface area contributed by atoms with Crippen LogP contribution in [0.1, 0.15) is 40.8 Å². The number of hydrogen-bond acceptors (Lipinski definition) is 4. The fourth-order valence-corrected chi connectivity index (χ4v) is 2.08. The van der Waals surface area contributed by atoms with Crippen molar-refractivity contribution in [2.24, 2.45) is 0 Å². The van der Waals surface area contributed by atoms with E-state index in [4.69, 9.17) is 0 Å². The number of aromatic nitrogens is 3. The molecule has 6 heteroatoms. The Morgan fingerprint density at radius 1 is 1.40 bits per heavy atom. The Morgan fingerprint density at radius 2 is 2.20 bits per heavy atom. The van der Waals surface area contributed by atoms with Gasteiger partial charge in [-0.15, -0.1) is 5.10 Å². The second-order valence-electron chi connectivity index (χ2n) is 4.96. The van der Waals surface area contributed by atoms with E-state index in [1.807, 2.05) is 31.3 Å². The number of rotatable bonds is 5. The van der Waals surface area contributed by atoms with Gasteiger partial charge in [-0.1, -0.05) is 18.2 Å². The number of hydrogen-bond donors (Lipinski definition) is 3. The van der Waals surface area contributed by atoms with Crippen molar-refractivity contribution in [3.05, 3.63) is 41.5 Å². The highest BCUT2D eigenvalue weighted by molar-refractivity contribution is 6.01. The number of nitrogens with zero attached hydrogens (tertiary/aromatic N) is 2. The summed E-state index contributed by atoms with van der Waals surface area (Å²) < 4.78 is 0. The normalized spacial score (nSPS) is 14.2. The van der Waals surface area contributed by atoms with E-state index in [2.05, 4.69) is 25.8 Å². The standard InChI is InChI=1S/C14H17N5O/c1-15-8-10-4-2-3-5-11(10)16-14(20)13-17-12(18-19-13)9-6-7-9/h2-5,9,15H,6-8H2,1H3,(H,16,20)(H,17,18,19). The van der Waals surface area contributed by atoms with Crippen molar-refractivity contribution in [3.63, 3.8) is 0 Å². The minimum atomic E-state index is -0.281. The highest BCUT2D eigenvalue weighted by atomic mass is 16.2. The number of nitrogens with one attached hydrogen (secondary N) is 3. The maximum absolute atomic E-state index is 12.2. The van der Waals surface area contributed by atoms with Crippen LogP contribution in [0.2, 0.25) is 0 Å². The molecular weight excluding hydrogens is 254 g/mol. The Bertz CT molecular complexity index is 618. The molecule has 0 aliphatic heterocycles. The van der Waals surface area contributed by atoms with Gasteiger partial charge in [0.05, 0.1) is 0 Å². The number of H-pyrrole nitrogens is 1. The molecule has 1 fully saturated rings. The molecule has 6 nitrogen and oxygen atoms in total. The van der Waals surface area contributed by atoms with Gasteiger partial charge in [-0.25, -0.2) is 4.98 Å². The average Bonchev–Trinajstić information content (AvgIpc) is 3.19. The average molecular weight is 271 g/mol. The number of aromatic amines is 1. The molecule has 1 aromatic carbocycles. The molecule has 104 valence electrons. The van der Waals surface area contributed by atoms with Crippen LogP contribution in [-0.4, -0.2) is 28.1 Å². The predicted octanol–water partition coefficient (Wildman–Crippen LogP) is 1.65. The van der Waals surface area contributed by atoms with Crippen LogP contribution in [0.25, 0.3) is 0 Å². The largest absolute Gasteiger partial charge is 0.319 e. The molecule has 1 aliphatic carbocycles. The Morgan fingerprint density at radius 3 is 2.95 bits per heavy atom. The minimum Gasteiger partial charge on any atom is -0.319 e. The van der Waals surface area contributed by atoms with Crippen LogP contribution in [0.15, 0.2) is 24.3 Å². The Hall–Kier alpha value is -2.21. The fourth-order valence-electron chi connectivity index (χ4n) is 2.08. The van der Waals surface area contributed by atoms with Gasteiger partial charge in [0.25, 0.3) is 5.91 Å². The molecule has 0 saturated heterocycles. The van der Waals surface area contributed by atoms with Crippen molar-refractivity contribution in [2.45, 2.75) is 25.3 Å². The molecule has 1 amide bonds. The minimum absolute atomic E-state index is 0.200. The van der Waals surface area contributed by atoms with Gasteiger partial charge >= 0.3 is 0 Å². The Balaban J connectivity index is 1.74. The highest BCUT2D eigenvalue weighted by Crippen LogP contribution is 2.37. The van der Waals surface area contributed by atoms with Gasteiger partial charge in [0, 0.05) is 18.2 Å². The SMILES string of the molecule is CNCc1ccccc1NC(=O)c1n[nH]c(C2CC2)n1. The molecule has 20 heavy (non-hydrogen) atoms. The Labute approximate surface area is 117 Å². The van der Waals surface area contributed by atoms with Crippen LogP contribution in [0, 0.1) is 0 Å². The zero-order chi connectivity index (χ0) is 13.9. The van der Waals surface area contributed by atoms with Gasteiger partial charge < -0.3 is 10.6 Å². The van der Waals surface area contributed by atoms with Crippen molar-refractivity contribution in [3.8, 4) is 0 Å². The molecule has 1 aromatic heterocycles. The summed E-state index contributed by atoms with van der Waals surface area (Å²) in [6.45, 7) is 0.692. The molecule has 3 N–H and O–H groups in total. The van der Waals surface area contributed by atoms with E-state index in [1.165, 1.54) is 0 Å². The molecule has 3 rings (SSSR count). The van der Waals surface area contributed by atoms with Crippen LogP contribution in [0.5, 0.6) is 0 Å². The molecule has 0 spiro atoms. The summed E-state index contributed by atoms with van der Waals surface area (Å²) in [7, 11) is 1.87. The number of carbonyl (C=O) groups is 1. The molecule has 0 bridgehead atoms. The molecule has 2 aromatic rings. The third-order valence-corrected chi connectivity index (χ3v) is 3.30. The summed E-state index contributed by atoms with van der Waals surface area (Å²) in [5, 5.41) is 12.8. The quantitative estimate of drug-likeness (QED) is 0.772. The van der Waals surface area contributed by atoms with Gasteiger partial charge in [-0.3, -0.25) is 9.89 Å². The van der Waals surface area contributed by atoms with Crippen LogP contribution in [-0.2, 0) is 6.54 Å². The number of carbonyl (C=O) groups excluding carboxylic acids is 1. The van der Waals surface area contributed by atoms with Gasteiger partial charge in [0.15, 0.2) is 0 Å². The first-order valence-corrected chi connectivity index (χ1v) is 6.74. The lowest BCUT2D eigenvalue weighted by atomic mass is 10.1. The van der Waals surface area contributed by atoms with E-state index in [1.54, 1.807) is 0 Å². The number of benzene rings is 1. The van der Waals surface area contributed by atoms with Gasteiger partial charge in [0.1, 0.15) is 5.82 Å². The van der Waals surface area contributed by atoms with E-state index in [0.717, 1.165) is 29.9 Å². The lowest BCUT2D eigenvalue weighted by molar-refractivity contribution is 0.101. The van der Waals surface area contributed by atoms with Crippen molar-refractivity contribution in [1.29, 1.82) is 0 Å². The zero-order valence-electron chi connectivity index (χ0n) is 11.3. The summed E-state index contributed by atoms with van der Waals surface area (Å²) in [4.78, 5) is 16.4.